The van der Waals surface area contributed by atoms with Gasteiger partial charge in [-0.05, 0) is 43.0 Å². The molecule has 1 unspecified atom stereocenters. The van der Waals surface area contributed by atoms with Crippen LogP contribution in [-0.4, -0.2) is 39.1 Å². The van der Waals surface area contributed by atoms with Crippen molar-refractivity contribution in [2.45, 2.75) is 25.3 Å². The largest absolute Gasteiger partial charge is 0.487 e. The van der Waals surface area contributed by atoms with Crippen LogP contribution in [0, 0.1) is 0 Å². The summed E-state index contributed by atoms with van der Waals surface area (Å²) < 4.78 is 5.64. The van der Waals surface area contributed by atoms with Crippen LogP contribution in [0.4, 0.5) is 0 Å². The van der Waals surface area contributed by atoms with Crippen molar-refractivity contribution in [2.24, 2.45) is 11.5 Å². The number of aromatic amines is 1. The molecule has 136 valence electrons. The molecule has 0 fully saturated rings. The van der Waals surface area contributed by atoms with E-state index in [-0.39, 0.29) is 23.1 Å². The van der Waals surface area contributed by atoms with Crippen LogP contribution in [0.5, 0.6) is 5.75 Å². The third-order valence-corrected chi connectivity index (χ3v) is 4.89. The van der Waals surface area contributed by atoms with E-state index in [0.29, 0.717) is 23.7 Å². The minimum Gasteiger partial charge on any atom is -0.487 e. The lowest BCUT2D eigenvalue weighted by atomic mass is 9.93. The maximum Gasteiger partial charge on any atom is 0.224 e. The summed E-state index contributed by atoms with van der Waals surface area (Å²) in [5.41, 5.74) is 16.9. The molecule has 1 atom stereocenters. The average molecular weight is 393 g/mol. The maximum atomic E-state index is 6.20. The minimum atomic E-state index is 0.0325. The van der Waals surface area contributed by atoms with E-state index in [9.17, 15) is 0 Å². The van der Waals surface area contributed by atoms with Crippen LogP contribution in [-0.2, 0) is 12.8 Å². The molecular weight excluding hydrogens is 375 g/mol. The lowest BCUT2D eigenvalue weighted by Gasteiger charge is -2.17. The zero-order valence-electron chi connectivity index (χ0n) is 13.9. The number of nitrogens with two attached hydrogens (primary N) is 2. The molecule has 5 N–H and O–H groups in total. The van der Waals surface area contributed by atoms with E-state index < -0.39 is 0 Å². The molecule has 0 amide bonds. The van der Waals surface area contributed by atoms with Crippen LogP contribution in [0.2, 0.25) is 10.4 Å². The Kier molecular flexibility index (Phi) is 4.71. The first-order valence-electron chi connectivity index (χ1n) is 8.39. The summed E-state index contributed by atoms with van der Waals surface area (Å²) in [5.74, 6) is 0.328. The summed E-state index contributed by atoms with van der Waals surface area (Å²) >= 11 is 12.2. The second-order valence-electron chi connectivity index (χ2n) is 6.28. The van der Waals surface area contributed by atoms with Crippen LogP contribution in [0.1, 0.15) is 17.7 Å². The second kappa shape index (κ2) is 7.00. The lowest BCUT2D eigenvalue weighted by Crippen LogP contribution is -2.27. The van der Waals surface area contributed by atoms with Crippen molar-refractivity contribution in [3.05, 3.63) is 33.8 Å². The van der Waals surface area contributed by atoms with Gasteiger partial charge in [-0.25, -0.2) is 15.0 Å². The molecule has 26 heavy (non-hydrogen) atoms. The Morgan fingerprint density at radius 2 is 2.08 bits per heavy atom. The number of halogens is 2. The highest BCUT2D eigenvalue weighted by atomic mass is 35.5. The molecule has 0 spiro atoms. The zero-order valence-corrected chi connectivity index (χ0v) is 15.4. The molecule has 9 heteroatoms. The van der Waals surface area contributed by atoms with Gasteiger partial charge in [0.1, 0.15) is 12.3 Å². The average Bonchev–Trinajstić information content (AvgIpc) is 2.97. The van der Waals surface area contributed by atoms with Crippen LogP contribution in [0.15, 0.2) is 12.1 Å². The Balaban J connectivity index is 1.86. The van der Waals surface area contributed by atoms with Gasteiger partial charge < -0.3 is 21.2 Å². The molecular formula is C17H18Cl2N6O. The second-order valence-corrected chi connectivity index (χ2v) is 6.97. The Hall–Kier alpha value is -1.93. The molecule has 0 saturated carbocycles. The molecule has 4 rings (SSSR count). The molecule has 7 nitrogen and oxygen atoms in total. The predicted octanol–water partition coefficient (Wildman–Crippen LogP) is 2.48. The molecule has 0 bridgehead atoms. The number of aryl methyl sites for hydroxylation is 1. The van der Waals surface area contributed by atoms with E-state index in [4.69, 9.17) is 44.4 Å². The van der Waals surface area contributed by atoms with Crippen molar-refractivity contribution in [2.75, 3.05) is 13.2 Å². The normalized spacial score (nSPS) is 16.7. The van der Waals surface area contributed by atoms with Crippen molar-refractivity contribution >= 4 is 34.2 Å². The molecule has 3 aromatic rings. The molecule has 1 aliphatic carbocycles. The van der Waals surface area contributed by atoms with Gasteiger partial charge in [-0.2, -0.15) is 0 Å². The zero-order chi connectivity index (χ0) is 18.3. The van der Waals surface area contributed by atoms with Crippen molar-refractivity contribution < 1.29 is 4.74 Å². The van der Waals surface area contributed by atoms with Gasteiger partial charge in [-0.15, -0.1) is 0 Å². The number of hydrogen-bond donors (Lipinski definition) is 3. The quantitative estimate of drug-likeness (QED) is 0.463. The number of H-pyrrole nitrogens is 1. The standard InChI is InChI=1S/C17H18Cl2N6O/c18-16-15(26-6-5-20)14(24-17(19)25-16)12-4-3-11-13(23-12)9-7-8(21)1-2-10(9)22-11/h3-4,8,22H,1-2,5-7,20-21H2. The van der Waals surface area contributed by atoms with Gasteiger partial charge in [0.15, 0.2) is 10.9 Å². The SMILES string of the molecule is NCCOc1c(Cl)nc(Cl)nc1-c1ccc2[nH]c3c(c2n1)CC(N)CC3. The van der Waals surface area contributed by atoms with Crippen LogP contribution in [0.25, 0.3) is 22.4 Å². The van der Waals surface area contributed by atoms with Gasteiger partial charge in [-0.1, -0.05) is 11.6 Å². The first-order valence-corrected chi connectivity index (χ1v) is 9.14. The Bertz CT molecular complexity index is 974. The third kappa shape index (κ3) is 3.12. The Morgan fingerprint density at radius 3 is 2.88 bits per heavy atom. The number of rotatable bonds is 4. The third-order valence-electron chi connectivity index (χ3n) is 4.47. The van der Waals surface area contributed by atoms with E-state index in [1.807, 2.05) is 12.1 Å². The molecule has 0 saturated heterocycles. The fourth-order valence-electron chi connectivity index (χ4n) is 3.29. The summed E-state index contributed by atoms with van der Waals surface area (Å²) in [5, 5.41) is 0.165. The summed E-state index contributed by atoms with van der Waals surface area (Å²) in [4.78, 5) is 16.5. The van der Waals surface area contributed by atoms with E-state index in [1.165, 1.54) is 5.69 Å². The van der Waals surface area contributed by atoms with E-state index in [1.54, 1.807) is 0 Å². The van der Waals surface area contributed by atoms with Gasteiger partial charge in [0.05, 0.1) is 16.7 Å². The molecule has 0 aliphatic heterocycles. The predicted molar refractivity (Wildman–Crippen MR) is 102 cm³/mol. The number of pyridine rings is 1. The minimum absolute atomic E-state index is 0.0325. The fourth-order valence-corrected chi connectivity index (χ4v) is 3.73. The smallest absolute Gasteiger partial charge is 0.224 e. The highest BCUT2D eigenvalue weighted by Gasteiger charge is 2.23. The molecule has 0 aromatic carbocycles. The number of fused-ring (bicyclic) bond motifs is 3. The van der Waals surface area contributed by atoms with Gasteiger partial charge in [0, 0.05) is 23.8 Å². The first-order chi connectivity index (χ1) is 12.6. The highest BCUT2D eigenvalue weighted by molar-refractivity contribution is 6.33. The lowest BCUT2D eigenvalue weighted by molar-refractivity contribution is 0.327. The van der Waals surface area contributed by atoms with Crippen LogP contribution in [0.3, 0.4) is 0 Å². The molecule has 0 radical (unpaired) electrons. The van der Waals surface area contributed by atoms with Crippen molar-refractivity contribution in [3.63, 3.8) is 0 Å². The van der Waals surface area contributed by atoms with Crippen molar-refractivity contribution in [3.8, 4) is 17.1 Å². The van der Waals surface area contributed by atoms with Crippen molar-refractivity contribution in [1.82, 2.24) is 19.9 Å². The summed E-state index contributed by atoms with van der Waals surface area (Å²) in [6.45, 7) is 0.627. The van der Waals surface area contributed by atoms with Gasteiger partial charge >= 0.3 is 0 Å². The molecule has 3 heterocycles. The van der Waals surface area contributed by atoms with Crippen LogP contribution < -0.4 is 16.2 Å². The summed E-state index contributed by atoms with van der Waals surface area (Å²) in [6, 6.07) is 3.98. The number of aromatic nitrogens is 4. The van der Waals surface area contributed by atoms with Gasteiger partial charge in [-0.3, -0.25) is 0 Å². The Labute approximate surface area is 160 Å². The Morgan fingerprint density at radius 1 is 1.23 bits per heavy atom. The number of ether oxygens (including phenoxy) is 1. The monoisotopic (exact) mass is 392 g/mol. The highest BCUT2D eigenvalue weighted by Crippen LogP contribution is 2.36. The van der Waals surface area contributed by atoms with E-state index >= 15 is 0 Å². The summed E-state index contributed by atoms with van der Waals surface area (Å²) in [6.07, 6.45) is 2.70. The first kappa shape index (κ1) is 17.5. The number of nitrogens with zero attached hydrogens (tertiary/aromatic N) is 3. The number of hydrogen-bond acceptors (Lipinski definition) is 6. The topological polar surface area (TPSA) is 116 Å². The van der Waals surface area contributed by atoms with Gasteiger partial charge in [0.2, 0.25) is 5.28 Å². The molecule has 3 aromatic heterocycles. The molecule has 1 aliphatic rings. The number of nitrogens with one attached hydrogen (secondary N) is 1. The van der Waals surface area contributed by atoms with Crippen LogP contribution >= 0.6 is 23.2 Å². The van der Waals surface area contributed by atoms with Crippen molar-refractivity contribution in [1.29, 1.82) is 0 Å². The fraction of sp³-hybridized carbons (Fsp3) is 0.353. The van der Waals surface area contributed by atoms with E-state index in [2.05, 4.69) is 15.0 Å². The maximum absolute atomic E-state index is 6.20. The van der Waals surface area contributed by atoms with E-state index in [0.717, 1.165) is 35.9 Å². The summed E-state index contributed by atoms with van der Waals surface area (Å²) in [7, 11) is 0. The van der Waals surface area contributed by atoms with Gasteiger partial charge in [0.25, 0.3) is 0 Å².